The molecule has 0 radical (unpaired) electrons. The van der Waals surface area contributed by atoms with Crippen LogP contribution in [-0.2, 0) is 23.8 Å². The molecule has 0 bridgehead atoms. The van der Waals surface area contributed by atoms with E-state index in [1.165, 1.54) is 26.3 Å². The predicted octanol–water partition coefficient (Wildman–Crippen LogP) is 3.22. The minimum atomic E-state index is -0.954. The lowest BCUT2D eigenvalue weighted by Gasteiger charge is -2.31. The van der Waals surface area contributed by atoms with Gasteiger partial charge in [-0.1, -0.05) is 20.3 Å². The second-order valence-corrected chi connectivity index (χ2v) is 9.12. The SMILES string of the molecule is COc1ccnc(C(=O)NC2CCCC(CCF)C(OCC(C)C)C(C)OC2=O)c1OCOC(C)=O. The van der Waals surface area contributed by atoms with E-state index in [1.807, 2.05) is 13.8 Å². The molecule has 1 aromatic rings. The fourth-order valence-electron chi connectivity index (χ4n) is 4.03. The van der Waals surface area contributed by atoms with Gasteiger partial charge in [-0.05, 0) is 38.0 Å². The molecule has 1 saturated heterocycles. The topological polar surface area (TPSA) is 122 Å². The van der Waals surface area contributed by atoms with Crippen LogP contribution in [0.25, 0.3) is 0 Å². The molecule has 202 valence electrons. The van der Waals surface area contributed by atoms with Crippen LogP contribution < -0.4 is 14.8 Å². The first-order chi connectivity index (χ1) is 17.2. The van der Waals surface area contributed by atoms with Crippen molar-refractivity contribution in [3.63, 3.8) is 0 Å². The first kappa shape index (κ1) is 29.3. The number of nitrogens with one attached hydrogen (secondary N) is 1. The summed E-state index contributed by atoms with van der Waals surface area (Å²) < 4.78 is 40.4. The number of rotatable bonds is 11. The third-order valence-electron chi connectivity index (χ3n) is 5.76. The van der Waals surface area contributed by atoms with Crippen molar-refractivity contribution in [2.45, 2.75) is 71.6 Å². The van der Waals surface area contributed by atoms with Gasteiger partial charge in [-0.2, -0.15) is 0 Å². The van der Waals surface area contributed by atoms with Crippen LogP contribution in [0.2, 0.25) is 0 Å². The minimum absolute atomic E-state index is 0.0336. The molecule has 2 heterocycles. The lowest BCUT2D eigenvalue weighted by atomic mass is 9.90. The van der Waals surface area contributed by atoms with Crippen molar-refractivity contribution in [2.24, 2.45) is 11.8 Å². The fraction of sp³-hybridized carbons (Fsp3) is 0.680. The van der Waals surface area contributed by atoms with Crippen molar-refractivity contribution in [1.82, 2.24) is 10.3 Å². The molecule has 10 nitrogen and oxygen atoms in total. The molecule has 36 heavy (non-hydrogen) atoms. The zero-order chi connectivity index (χ0) is 26.7. The minimum Gasteiger partial charge on any atom is -0.493 e. The molecular weight excluding hydrogens is 475 g/mol. The summed E-state index contributed by atoms with van der Waals surface area (Å²) in [4.78, 5) is 41.3. The van der Waals surface area contributed by atoms with Gasteiger partial charge in [0, 0.05) is 25.8 Å². The van der Waals surface area contributed by atoms with Gasteiger partial charge in [-0.15, -0.1) is 0 Å². The lowest BCUT2D eigenvalue weighted by molar-refractivity contribution is -0.161. The Bertz CT molecular complexity index is 882. The number of cyclic esters (lactones) is 1. The van der Waals surface area contributed by atoms with Crippen molar-refractivity contribution in [2.75, 3.05) is 27.2 Å². The first-order valence-electron chi connectivity index (χ1n) is 12.2. The third kappa shape index (κ3) is 8.61. The number of pyridine rings is 1. The van der Waals surface area contributed by atoms with E-state index in [-0.39, 0.29) is 29.0 Å². The number of ether oxygens (including phenoxy) is 5. The van der Waals surface area contributed by atoms with E-state index < -0.39 is 49.6 Å². The molecule has 11 heteroatoms. The summed E-state index contributed by atoms with van der Waals surface area (Å²) in [7, 11) is 1.39. The highest BCUT2D eigenvalue weighted by Crippen LogP contribution is 2.30. The average Bonchev–Trinajstić information content (AvgIpc) is 2.87. The molecule has 0 saturated carbocycles. The Balaban J connectivity index is 2.20. The molecular formula is C25H37FN2O8. The molecule has 0 spiro atoms. The monoisotopic (exact) mass is 512 g/mol. The Morgan fingerprint density at radius 1 is 1.31 bits per heavy atom. The molecule has 1 N–H and O–H groups in total. The highest BCUT2D eigenvalue weighted by atomic mass is 19.1. The van der Waals surface area contributed by atoms with E-state index in [2.05, 4.69) is 10.3 Å². The Hall–Kier alpha value is -2.95. The summed E-state index contributed by atoms with van der Waals surface area (Å²) in [6.45, 7) is 6.49. The number of amides is 1. The number of hydrogen-bond donors (Lipinski definition) is 1. The summed E-state index contributed by atoms with van der Waals surface area (Å²) in [5.74, 6) is -1.54. The van der Waals surface area contributed by atoms with Gasteiger partial charge in [-0.25, -0.2) is 9.78 Å². The number of halogens is 1. The number of alkyl halides is 1. The zero-order valence-electron chi connectivity index (χ0n) is 21.6. The molecule has 0 aliphatic carbocycles. The second kappa shape index (κ2) is 14.6. The molecule has 0 aromatic carbocycles. The van der Waals surface area contributed by atoms with E-state index in [1.54, 1.807) is 6.92 Å². The van der Waals surface area contributed by atoms with Gasteiger partial charge in [0.1, 0.15) is 12.1 Å². The third-order valence-corrected chi connectivity index (χ3v) is 5.76. The van der Waals surface area contributed by atoms with E-state index in [0.29, 0.717) is 32.3 Å². The quantitative estimate of drug-likeness (QED) is 0.352. The Kier molecular flexibility index (Phi) is 11.9. The molecule has 4 atom stereocenters. The van der Waals surface area contributed by atoms with E-state index in [9.17, 15) is 18.8 Å². The van der Waals surface area contributed by atoms with Crippen LogP contribution in [0.5, 0.6) is 11.5 Å². The number of carbonyl (C=O) groups is 3. The van der Waals surface area contributed by atoms with Crippen molar-refractivity contribution < 1.29 is 42.5 Å². The number of carbonyl (C=O) groups excluding carboxylic acids is 3. The van der Waals surface area contributed by atoms with Gasteiger partial charge in [0.15, 0.2) is 17.2 Å². The van der Waals surface area contributed by atoms with Gasteiger partial charge in [-0.3, -0.25) is 14.0 Å². The Morgan fingerprint density at radius 2 is 2.06 bits per heavy atom. The van der Waals surface area contributed by atoms with Crippen molar-refractivity contribution in [3.8, 4) is 11.5 Å². The summed E-state index contributed by atoms with van der Waals surface area (Å²) in [5, 5.41) is 2.67. The Morgan fingerprint density at radius 3 is 2.69 bits per heavy atom. The molecule has 1 aliphatic heterocycles. The van der Waals surface area contributed by atoms with Crippen LogP contribution in [0.4, 0.5) is 4.39 Å². The van der Waals surface area contributed by atoms with Gasteiger partial charge in [0.25, 0.3) is 5.91 Å². The maximum Gasteiger partial charge on any atom is 0.329 e. The summed E-state index contributed by atoms with van der Waals surface area (Å²) in [6.07, 6.45) is 2.07. The normalized spacial score (nSPS) is 22.6. The van der Waals surface area contributed by atoms with Gasteiger partial charge in [0.2, 0.25) is 6.79 Å². The highest BCUT2D eigenvalue weighted by molar-refractivity contribution is 5.98. The zero-order valence-corrected chi connectivity index (χ0v) is 21.6. The van der Waals surface area contributed by atoms with Crippen LogP contribution in [0, 0.1) is 11.8 Å². The van der Waals surface area contributed by atoms with Gasteiger partial charge < -0.3 is 29.0 Å². The van der Waals surface area contributed by atoms with Crippen molar-refractivity contribution in [1.29, 1.82) is 0 Å². The maximum atomic E-state index is 13.3. The smallest absolute Gasteiger partial charge is 0.329 e. The van der Waals surface area contributed by atoms with Crippen LogP contribution in [-0.4, -0.2) is 68.3 Å². The van der Waals surface area contributed by atoms with Crippen molar-refractivity contribution >= 4 is 17.8 Å². The molecule has 1 aromatic heterocycles. The number of nitrogens with zero attached hydrogens (tertiary/aromatic N) is 1. The predicted molar refractivity (Wildman–Crippen MR) is 127 cm³/mol. The Labute approximate surface area is 211 Å². The largest absolute Gasteiger partial charge is 0.493 e. The van der Waals surface area contributed by atoms with Crippen LogP contribution in [0.15, 0.2) is 12.3 Å². The van der Waals surface area contributed by atoms with Gasteiger partial charge in [0.05, 0.1) is 19.9 Å². The lowest BCUT2D eigenvalue weighted by Crippen LogP contribution is -2.44. The molecule has 1 aliphatic rings. The number of aromatic nitrogens is 1. The highest BCUT2D eigenvalue weighted by Gasteiger charge is 2.35. The number of methoxy groups -OCH3 is 1. The standard InChI is InChI=1S/C25H37FN2O8/c1-15(2)13-33-22-16(3)36-25(31)19(8-6-7-18(22)9-11-26)28-24(30)21-23(35-14-34-17(4)29)20(32-5)10-12-27-21/h10,12,15-16,18-19,22H,6-9,11,13-14H2,1-5H3,(H,28,30). The summed E-state index contributed by atoms with van der Waals surface area (Å²) in [6, 6.07) is 0.530. The second-order valence-electron chi connectivity index (χ2n) is 9.12. The van der Waals surface area contributed by atoms with Crippen molar-refractivity contribution in [3.05, 3.63) is 18.0 Å². The summed E-state index contributed by atoms with van der Waals surface area (Å²) >= 11 is 0. The molecule has 1 fully saturated rings. The van der Waals surface area contributed by atoms with E-state index in [0.717, 1.165) is 0 Å². The van der Waals surface area contributed by atoms with Crippen LogP contribution >= 0.6 is 0 Å². The first-order valence-corrected chi connectivity index (χ1v) is 12.2. The fourth-order valence-corrected chi connectivity index (χ4v) is 4.03. The molecule has 1 amide bonds. The maximum absolute atomic E-state index is 13.3. The van der Waals surface area contributed by atoms with E-state index >= 15 is 0 Å². The number of hydrogen-bond acceptors (Lipinski definition) is 9. The van der Waals surface area contributed by atoms with Crippen LogP contribution in [0.3, 0.4) is 0 Å². The molecule has 4 unspecified atom stereocenters. The van der Waals surface area contributed by atoms with Gasteiger partial charge >= 0.3 is 11.9 Å². The summed E-state index contributed by atoms with van der Waals surface area (Å²) in [5.41, 5.74) is -0.143. The van der Waals surface area contributed by atoms with Crippen LogP contribution in [0.1, 0.15) is 63.9 Å². The van der Waals surface area contributed by atoms with E-state index in [4.69, 9.17) is 23.7 Å². The molecule has 2 rings (SSSR count). The number of esters is 2. The average molecular weight is 513 g/mol.